The molecule has 2 heterocycles. The standard InChI is InChI=1S/C24H16ClF9N6O4/c1-38-17(15(44-19(26)27)16(37-38)22(28,23(29,30)31)24(32,33)34)39-9-12(8-36-39)11-3-4-14(25)13(7-11)18(41)40(20(42)43-2)21(10-35)5-6-21/h3-4,7-9,19H,5-6H2,1-2H3. The van der Waals surface area contributed by atoms with E-state index >= 15 is 0 Å². The lowest BCUT2D eigenvalue weighted by atomic mass is 9.99. The second kappa shape index (κ2) is 10.9. The quantitative estimate of drug-likeness (QED) is 0.283. The number of carbonyl (C=O) groups excluding carboxylic acids is 2. The van der Waals surface area contributed by atoms with Crippen molar-refractivity contribution in [1.29, 1.82) is 5.26 Å². The maximum Gasteiger partial charge on any atom is 0.437 e. The molecular weight excluding hydrogens is 643 g/mol. The van der Waals surface area contributed by atoms with Crippen LogP contribution in [-0.2, 0) is 17.5 Å². The Morgan fingerprint density at radius 2 is 1.73 bits per heavy atom. The molecule has 3 aromatic rings. The van der Waals surface area contributed by atoms with Crippen molar-refractivity contribution >= 4 is 23.6 Å². The zero-order chi connectivity index (χ0) is 33.0. The minimum Gasteiger partial charge on any atom is -0.452 e. The van der Waals surface area contributed by atoms with Crippen LogP contribution in [-0.4, -0.2) is 68.1 Å². The fourth-order valence-electron chi connectivity index (χ4n) is 4.22. The molecule has 1 saturated carbocycles. The summed E-state index contributed by atoms with van der Waals surface area (Å²) in [6.07, 6.45) is -12.3. The summed E-state index contributed by atoms with van der Waals surface area (Å²) < 4.78 is 131. The van der Waals surface area contributed by atoms with Crippen LogP contribution in [0.2, 0.25) is 5.02 Å². The molecule has 0 spiro atoms. The number of nitrogens with zero attached hydrogens (tertiary/aromatic N) is 6. The van der Waals surface area contributed by atoms with Crippen LogP contribution in [0.25, 0.3) is 16.9 Å². The van der Waals surface area contributed by atoms with Crippen molar-refractivity contribution in [2.45, 2.75) is 43.0 Å². The molecule has 0 saturated heterocycles. The first-order valence-corrected chi connectivity index (χ1v) is 12.2. The fraction of sp³-hybridized carbons (Fsp3) is 0.375. The van der Waals surface area contributed by atoms with Gasteiger partial charge in [0.1, 0.15) is 5.54 Å². The van der Waals surface area contributed by atoms with Gasteiger partial charge in [-0.2, -0.15) is 50.6 Å². The Hall–Kier alpha value is -4.47. The molecule has 0 radical (unpaired) electrons. The third kappa shape index (κ3) is 5.27. The summed E-state index contributed by atoms with van der Waals surface area (Å²) in [6, 6.07) is 5.48. The zero-order valence-electron chi connectivity index (χ0n) is 22.0. The predicted octanol–water partition coefficient (Wildman–Crippen LogP) is 6.08. The molecule has 10 nitrogen and oxygen atoms in total. The smallest absolute Gasteiger partial charge is 0.437 e. The minimum absolute atomic E-state index is 0.0225. The summed E-state index contributed by atoms with van der Waals surface area (Å²) in [6.45, 7) is -4.01. The van der Waals surface area contributed by atoms with E-state index in [1.54, 1.807) is 0 Å². The highest BCUT2D eigenvalue weighted by molar-refractivity contribution is 6.34. The zero-order valence-corrected chi connectivity index (χ0v) is 22.7. The Labute approximate surface area is 245 Å². The van der Waals surface area contributed by atoms with Crippen LogP contribution in [0, 0.1) is 11.3 Å². The van der Waals surface area contributed by atoms with E-state index in [0.29, 0.717) is 9.58 Å². The van der Waals surface area contributed by atoms with E-state index in [9.17, 15) is 54.4 Å². The Kier molecular flexibility index (Phi) is 8.04. The van der Waals surface area contributed by atoms with Gasteiger partial charge in [0.25, 0.3) is 5.91 Å². The van der Waals surface area contributed by atoms with Gasteiger partial charge in [0, 0.05) is 18.8 Å². The van der Waals surface area contributed by atoms with Crippen LogP contribution < -0.4 is 4.74 Å². The lowest BCUT2D eigenvalue weighted by molar-refractivity contribution is -0.350. The summed E-state index contributed by atoms with van der Waals surface area (Å²) in [7, 11) is 1.71. The largest absolute Gasteiger partial charge is 0.452 e. The summed E-state index contributed by atoms with van der Waals surface area (Å²) in [5.74, 6) is -3.98. The average Bonchev–Trinajstić information content (AvgIpc) is 3.43. The van der Waals surface area contributed by atoms with Crippen molar-refractivity contribution < 1.29 is 58.6 Å². The number of aromatic nitrogens is 4. The van der Waals surface area contributed by atoms with Gasteiger partial charge in [-0.15, -0.1) is 0 Å². The van der Waals surface area contributed by atoms with Crippen LogP contribution in [0.1, 0.15) is 28.9 Å². The lowest BCUT2D eigenvalue weighted by Crippen LogP contribution is -2.51. The highest BCUT2D eigenvalue weighted by Gasteiger charge is 2.76. The molecule has 236 valence electrons. The number of aryl methyl sites for hydroxylation is 1. The SMILES string of the molecule is COC(=O)N(C(=O)c1cc(-c2cnn(-c3c(OC(F)F)c(C(F)(C(F)(F)F)C(F)(F)F)nn3C)c2)ccc1Cl)C1(C#N)CC1. The Bertz CT molecular complexity index is 1640. The number of carbonyl (C=O) groups is 2. The average molecular weight is 659 g/mol. The maximum absolute atomic E-state index is 14.9. The van der Waals surface area contributed by atoms with E-state index in [0.717, 1.165) is 32.6 Å². The number of alkyl halides is 9. The van der Waals surface area contributed by atoms with Crippen LogP contribution in [0.4, 0.5) is 44.3 Å². The number of imide groups is 1. The van der Waals surface area contributed by atoms with Crippen molar-refractivity contribution in [2.75, 3.05) is 7.11 Å². The first-order chi connectivity index (χ1) is 20.3. The summed E-state index contributed by atoms with van der Waals surface area (Å²) in [5, 5.41) is 16.0. The number of nitriles is 1. The molecule has 0 N–H and O–H groups in total. The fourth-order valence-corrected chi connectivity index (χ4v) is 4.42. The summed E-state index contributed by atoms with van der Waals surface area (Å²) in [4.78, 5) is 26.3. The van der Waals surface area contributed by atoms with Crippen molar-refractivity contribution in [3.8, 4) is 28.8 Å². The van der Waals surface area contributed by atoms with Gasteiger partial charge in [-0.05, 0) is 30.5 Å². The number of rotatable bonds is 7. The third-order valence-corrected chi connectivity index (χ3v) is 6.87. The van der Waals surface area contributed by atoms with Gasteiger partial charge in [0.2, 0.25) is 0 Å². The Balaban J connectivity index is 1.82. The van der Waals surface area contributed by atoms with Gasteiger partial charge < -0.3 is 9.47 Å². The Morgan fingerprint density at radius 3 is 2.23 bits per heavy atom. The maximum atomic E-state index is 14.9. The van der Waals surface area contributed by atoms with E-state index in [-0.39, 0.29) is 39.2 Å². The molecule has 2 amide bonds. The molecule has 2 aromatic heterocycles. The van der Waals surface area contributed by atoms with Crippen LogP contribution in [0.3, 0.4) is 0 Å². The van der Waals surface area contributed by atoms with E-state index in [1.165, 1.54) is 12.1 Å². The van der Waals surface area contributed by atoms with E-state index in [2.05, 4.69) is 19.7 Å². The number of hydrogen-bond donors (Lipinski definition) is 0. The van der Waals surface area contributed by atoms with Crippen molar-refractivity contribution in [3.63, 3.8) is 0 Å². The monoisotopic (exact) mass is 658 g/mol. The second-order valence-electron chi connectivity index (χ2n) is 9.28. The molecular formula is C24H16ClF9N6O4. The number of halogens is 10. The van der Waals surface area contributed by atoms with Crippen LogP contribution in [0.5, 0.6) is 5.75 Å². The molecule has 0 atom stereocenters. The molecule has 1 aromatic carbocycles. The first kappa shape index (κ1) is 32.4. The van der Waals surface area contributed by atoms with Gasteiger partial charge in [-0.3, -0.25) is 4.79 Å². The molecule has 1 aliphatic carbocycles. The highest BCUT2D eigenvalue weighted by atomic mass is 35.5. The molecule has 1 fully saturated rings. The van der Waals surface area contributed by atoms with Crippen molar-refractivity contribution in [2.24, 2.45) is 7.05 Å². The molecule has 0 unspecified atom stereocenters. The van der Waals surface area contributed by atoms with Crippen molar-refractivity contribution in [3.05, 3.63) is 46.9 Å². The van der Waals surface area contributed by atoms with Gasteiger partial charge in [-0.25, -0.2) is 23.4 Å². The van der Waals surface area contributed by atoms with Crippen LogP contribution in [0.15, 0.2) is 30.6 Å². The molecule has 0 bridgehead atoms. The number of hydrogen-bond acceptors (Lipinski definition) is 7. The topological polar surface area (TPSA) is 115 Å². The highest BCUT2D eigenvalue weighted by Crippen LogP contribution is 2.56. The molecule has 44 heavy (non-hydrogen) atoms. The number of benzene rings is 1. The minimum atomic E-state index is -6.69. The summed E-state index contributed by atoms with van der Waals surface area (Å²) in [5.41, 5.74) is -10.5. The number of ether oxygens (including phenoxy) is 2. The third-order valence-electron chi connectivity index (χ3n) is 6.54. The molecule has 0 aliphatic heterocycles. The van der Waals surface area contributed by atoms with E-state index in [1.807, 2.05) is 6.07 Å². The lowest BCUT2D eigenvalue weighted by Gasteiger charge is -2.28. The predicted molar refractivity (Wildman–Crippen MR) is 128 cm³/mol. The van der Waals surface area contributed by atoms with Gasteiger partial charge in [0.15, 0.2) is 17.3 Å². The van der Waals surface area contributed by atoms with Gasteiger partial charge in [0.05, 0.1) is 30.0 Å². The number of methoxy groups -OCH3 is 1. The molecule has 4 rings (SSSR count). The van der Waals surface area contributed by atoms with E-state index < -0.39 is 59.4 Å². The molecule has 1 aliphatic rings. The summed E-state index contributed by atoms with van der Waals surface area (Å²) >= 11 is 6.17. The van der Waals surface area contributed by atoms with Crippen molar-refractivity contribution in [1.82, 2.24) is 24.5 Å². The van der Waals surface area contributed by atoms with Crippen LogP contribution >= 0.6 is 11.6 Å². The van der Waals surface area contributed by atoms with Gasteiger partial charge in [-0.1, -0.05) is 17.7 Å². The molecule has 20 heteroatoms. The number of amides is 2. The first-order valence-electron chi connectivity index (χ1n) is 11.9. The normalized spacial score (nSPS) is 14.7. The Morgan fingerprint density at radius 1 is 1.11 bits per heavy atom. The van der Waals surface area contributed by atoms with E-state index in [4.69, 9.17) is 11.6 Å². The second-order valence-corrected chi connectivity index (χ2v) is 9.69. The van der Waals surface area contributed by atoms with Gasteiger partial charge >= 0.3 is 30.7 Å².